The molecule has 8 nitrogen and oxygen atoms in total. The SMILES string of the molecule is Cc1nnc(-c2cc(Cl)ccc2F)cc1Nc1ccnc(NC(=O)CN2CCCNCC2)c1. The van der Waals surface area contributed by atoms with Gasteiger partial charge in [0, 0.05) is 41.6 Å². The fraction of sp³-hybridized carbons (Fsp3) is 0.304. The van der Waals surface area contributed by atoms with Crippen LogP contribution in [0, 0.1) is 12.7 Å². The number of anilines is 3. The molecule has 0 spiro atoms. The van der Waals surface area contributed by atoms with Crippen molar-refractivity contribution in [2.75, 3.05) is 43.4 Å². The molecule has 10 heteroatoms. The number of hydrogen-bond acceptors (Lipinski definition) is 7. The summed E-state index contributed by atoms with van der Waals surface area (Å²) >= 11 is 6.02. The molecule has 0 atom stereocenters. The first-order valence-corrected chi connectivity index (χ1v) is 11.1. The van der Waals surface area contributed by atoms with E-state index in [1.54, 1.807) is 31.3 Å². The number of hydrogen-bond donors (Lipinski definition) is 3. The highest BCUT2D eigenvalue weighted by molar-refractivity contribution is 6.30. The third kappa shape index (κ3) is 6.22. The molecule has 1 amide bonds. The molecular weight excluding hydrogens is 445 g/mol. The lowest BCUT2D eigenvalue weighted by atomic mass is 10.1. The van der Waals surface area contributed by atoms with Crippen molar-refractivity contribution in [3.63, 3.8) is 0 Å². The highest BCUT2D eigenvalue weighted by Gasteiger charge is 2.14. The first kappa shape index (κ1) is 23.0. The molecule has 2 aromatic heterocycles. The standard InChI is InChI=1S/C23H25ClFN7O/c1-15-20(13-21(31-30-15)18-11-16(24)3-4-19(18)25)28-17-5-7-27-22(12-17)29-23(33)14-32-9-2-6-26-8-10-32/h3-5,7,11-13,26H,2,6,8-10,14H2,1H3,(H2,27,28,29,31,33). The van der Waals surface area contributed by atoms with Crippen molar-refractivity contribution in [1.29, 1.82) is 0 Å². The Labute approximate surface area is 196 Å². The fourth-order valence-corrected chi connectivity index (χ4v) is 3.75. The Morgan fingerprint density at radius 2 is 2.06 bits per heavy atom. The molecule has 1 aromatic carbocycles. The van der Waals surface area contributed by atoms with E-state index < -0.39 is 5.82 Å². The third-order valence-electron chi connectivity index (χ3n) is 5.29. The van der Waals surface area contributed by atoms with Crippen LogP contribution in [0.5, 0.6) is 0 Å². The molecule has 3 heterocycles. The van der Waals surface area contributed by atoms with Crippen LogP contribution in [0.25, 0.3) is 11.3 Å². The molecule has 3 aromatic rings. The summed E-state index contributed by atoms with van der Waals surface area (Å²) in [7, 11) is 0. The second kappa shape index (κ2) is 10.7. The summed E-state index contributed by atoms with van der Waals surface area (Å²) in [6.07, 6.45) is 2.63. The van der Waals surface area contributed by atoms with E-state index in [2.05, 4.69) is 36.0 Å². The van der Waals surface area contributed by atoms with E-state index in [9.17, 15) is 9.18 Å². The van der Waals surface area contributed by atoms with Gasteiger partial charge in [0.25, 0.3) is 0 Å². The quantitative estimate of drug-likeness (QED) is 0.507. The van der Waals surface area contributed by atoms with Gasteiger partial charge in [0.05, 0.1) is 23.6 Å². The molecule has 0 radical (unpaired) electrons. The number of aryl methyl sites for hydroxylation is 1. The monoisotopic (exact) mass is 469 g/mol. The molecule has 0 unspecified atom stereocenters. The molecule has 4 rings (SSSR count). The Bertz CT molecular complexity index is 1140. The number of pyridine rings is 1. The smallest absolute Gasteiger partial charge is 0.239 e. The average Bonchev–Trinajstić information content (AvgIpc) is 3.06. The van der Waals surface area contributed by atoms with E-state index in [0.29, 0.717) is 40.1 Å². The van der Waals surface area contributed by atoms with Crippen molar-refractivity contribution < 1.29 is 9.18 Å². The van der Waals surface area contributed by atoms with Crippen LogP contribution in [0.2, 0.25) is 5.02 Å². The van der Waals surface area contributed by atoms with Crippen LogP contribution in [0.1, 0.15) is 12.1 Å². The normalized spacial score (nSPS) is 14.5. The maximum Gasteiger partial charge on any atom is 0.239 e. The van der Waals surface area contributed by atoms with Crippen LogP contribution in [-0.4, -0.2) is 58.7 Å². The Hall–Kier alpha value is -3.14. The zero-order chi connectivity index (χ0) is 23.2. The predicted molar refractivity (Wildman–Crippen MR) is 127 cm³/mol. The Morgan fingerprint density at radius 3 is 2.94 bits per heavy atom. The van der Waals surface area contributed by atoms with Gasteiger partial charge in [-0.05, 0) is 56.8 Å². The summed E-state index contributed by atoms with van der Waals surface area (Å²) in [5.74, 6) is -0.0987. The summed E-state index contributed by atoms with van der Waals surface area (Å²) in [4.78, 5) is 18.9. The van der Waals surface area contributed by atoms with E-state index in [-0.39, 0.29) is 11.5 Å². The number of aromatic nitrogens is 3. The van der Waals surface area contributed by atoms with Gasteiger partial charge in [-0.3, -0.25) is 9.69 Å². The molecule has 0 saturated carbocycles. The zero-order valence-corrected chi connectivity index (χ0v) is 19.0. The number of rotatable bonds is 6. The summed E-state index contributed by atoms with van der Waals surface area (Å²) in [6, 6.07) is 9.52. The predicted octanol–water partition coefficient (Wildman–Crippen LogP) is 3.62. The number of carbonyl (C=O) groups is 1. The molecule has 0 aliphatic carbocycles. The van der Waals surface area contributed by atoms with E-state index in [1.807, 2.05) is 0 Å². The molecule has 1 fully saturated rings. The van der Waals surface area contributed by atoms with Crippen molar-refractivity contribution in [2.24, 2.45) is 0 Å². The lowest BCUT2D eigenvalue weighted by molar-refractivity contribution is -0.117. The largest absolute Gasteiger partial charge is 0.354 e. The van der Waals surface area contributed by atoms with E-state index >= 15 is 0 Å². The van der Waals surface area contributed by atoms with Crippen LogP contribution in [0.15, 0.2) is 42.6 Å². The molecule has 33 heavy (non-hydrogen) atoms. The van der Waals surface area contributed by atoms with Gasteiger partial charge in [-0.1, -0.05) is 11.6 Å². The first-order valence-electron chi connectivity index (χ1n) is 10.7. The maximum absolute atomic E-state index is 14.3. The van der Waals surface area contributed by atoms with Gasteiger partial charge in [-0.2, -0.15) is 10.2 Å². The summed E-state index contributed by atoms with van der Waals surface area (Å²) < 4.78 is 14.3. The van der Waals surface area contributed by atoms with Crippen LogP contribution in [0.4, 0.5) is 21.6 Å². The second-order valence-electron chi connectivity index (χ2n) is 7.84. The zero-order valence-electron chi connectivity index (χ0n) is 18.2. The van der Waals surface area contributed by atoms with Gasteiger partial charge < -0.3 is 16.0 Å². The number of nitrogens with zero attached hydrogens (tertiary/aromatic N) is 4. The van der Waals surface area contributed by atoms with Crippen molar-refractivity contribution in [3.05, 3.63) is 59.1 Å². The van der Waals surface area contributed by atoms with Gasteiger partial charge in [0.15, 0.2) is 0 Å². The van der Waals surface area contributed by atoms with Crippen LogP contribution in [0.3, 0.4) is 0 Å². The lowest BCUT2D eigenvalue weighted by Crippen LogP contribution is -2.35. The fourth-order valence-electron chi connectivity index (χ4n) is 3.58. The summed E-state index contributed by atoms with van der Waals surface area (Å²) in [6.45, 7) is 5.70. The third-order valence-corrected chi connectivity index (χ3v) is 5.52. The van der Waals surface area contributed by atoms with Gasteiger partial charge >= 0.3 is 0 Å². The number of nitrogens with one attached hydrogen (secondary N) is 3. The highest BCUT2D eigenvalue weighted by Crippen LogP contribution is 2.28. The second-order valence-corrected chi connectivity index (χ2v) is 8.27. The lowest BCUT2D eigenvalue weighted by Gasteiger charge is -2.18. The van der Waals surface area contributed by atoms with Gasteiger partial charge in [0.2, 0.25) is 5.91 Å². The topological polar surface area (TPSA) is 95.1 Å². The van der Waals surface area contributed by atoms with Crippen LogP contribution < -0.4 is 16.0 Å². The van der Waals surface area contributed by atoms with Crippen molar-refractivity contribution in [3.8, 4) is 11.3 Å². The molecule has 0 bridgehead atoms. The maximum atomic E-state index is 14.3. The van der Waals surface area contributed by atoms with Crippen molar-refractivity contribution in [2.45, 2.75) is 13.3 Å². The molecule has 1 saturated heterocycles. The van der Waals surface area contributed by atoms with Gasteiger partial charge in [0.1, 0.15) is 11.6 Å². The Balaban J connectivity index is 1.47. The van der Waals surface area contributed by atoms with Crippen LogP contribution in [-0.2, 0) is 4.79 Å². The average molecular weight is 470 g/mol. The van der Waals surface area contributed by atoms with Crippen molar-refractivity contribution >= 4 is 34.7 Å². The number of halogens is 2. The summed E-state index contributed by atoms with van der Waals surface area (Å²) in [5, 5.41) is 18.1. The number of carbonyl (C=O) groups excluding carboxylic acids is 1. The van der Waals surface area contributed by atoms with Crippen LogP contribution >= 0.6 is 11.6 Å². The Kier molecular flexibility index (Phi) is 7.43. The highest BCUT2D eigenvalue weighted by atomic mass is 35.5. The Morgan fingerprint density at radius 1 is 1.18 bits per heavy atom. The molecule has 172 valence electrons. The van der Waals surface area contributed by atoms with E-state index in [1.165, 1.54) is 18.2 Å². The van der Waals surface area contributed by atoms with Gasteiger partial charge in [-0.25, -0.2) is 9.37 Å². The molecule has 1 aliphatic heterocycles. The van der Waals surface area contributed by atoms with Crippen molar-refractivity contribution in [1.82, 2.24) is 25.4 Å². The first-order chi connectivity index (χ1) is 16.0. The minimum atomic E-state index is -0.433. The van der Waals surface area contributed by atoms with E-state index in [4.69, 9.17) is 11.6 Å². The molecule has 3 N–H and O–H groups in total. The summed E-state index contributed by atoms with van der Waals surface area (Å²) in [5.41, 5.74) is 2.62. The molecule has 1 aliphatic rings. The number of amides is 1. The minimum Gasteiger partial charge on any atom is -0.354 e. The minimum absolute atomic E-state index is 0.109. The number of benzene rings is 1. The van der Waals surface area contributed by atoms with Gasteiger partial charge in [-0.15, -0.1) is 0 Å². The van der Waals surface area contributed by atoms with E-state index in [0.717, 1.165) is 32.6 Å². The molecular formula is C23H25ClFN7O.